The van der Waals surface area contributed by atoms with E-state index in [1.807, 2.05) is 26.0 Å². The molecule has 8 aliphatic rings. The molecule has 0 aromatic heterocycles. The number of hydrogen-bond donors (Lipinski definition) is 5. The van der Waals surface area contributed by atoms with E-state index in [2.05, 4.69) is 10.6 Å². The Labute approximate surface area is 308 Å². The van der Waals surface area contributed by atoms with E-state index in [0.29, 0.717) is 22.5 Å². The average Bonchev–Trinajstić information content (AvgIpc) is 3.76. The fourth-order valence-corrected chi connectivity index (χ4v) is 18.6. The molecule has 0 unspecified atom stereocenters. The molecule has 6 saturated heterocycles. The number of piperazine rings is 2. The predicted octanol–water partition coefficient (Wildman–Crippen LogP) is 1.16. The van der Waals surface area contributed by atoms with Crippen LogP contribution in [0.2, 0.25) is 0 Å². The predicted molar refractivity (Wildman–Crippen MR) is 194 cm³/mol. The Morgan fingerprint density at radius 1 is 0.804 bits per heavy atom. The molecule has 5 N–H and O–H groups in total. The van der Waals surface area contributed by atoms with Crippen molar-refractivity contribution in [3.05, 3.63) is 59.7 Å². The third-order valence-electron chi connectivity index (χ3n) is 12.6. The van der Waals surface area contributed by atoms with E-state index in [0.717, 1.165) is 15.7 Å². The Balaban J connectivity index is 1.43. The number of carbonyl (C=O) groups excluding carboxylic acids is 4. The van der Waals surface area contributed by atoms with Gasteiger partial charge in [-0.25, -0.2) is 0 Å². The zero-order chi connectivity index (χ0) is 36.2. The highest BCUT2D eigenvalue weighted by Crippen LogP contribution is 2.76. The number of carbonyl (C=O) groups is 4. The van der Waals surface area contributed by atoms with Crippen LogP contribution in [0.15, 0.2) is 48.5 Å². The number of nitrogens with one attached hydrogen (secondary N) is 2. The molecule has 10 rings (SSSR count). The molecule has 8 heterocycles. The third-order valence-corrected chi connectivity index (χ3v) is 20.1. The van der Waals surface area contributed by atoms with E-state index in [4.69, 9.17) is 4.74 Å². The van der Waals surface area contributed by atoms with Gasteiger partial charge in [0, 0.05) is 32.6 Å². The Kier molecular flexibility index (Phi) is 7.09. The minimum Gasteiger partial charge on any atom is -0.394 e. The highest BCUT2D eigenvalue weighted by atomic mass is 33.7. The lowest BCUT2D eigenvalue weighted by molar-refractivity contribution is -0.218. The number of aliphatic hydroxyl groups excluding tert-OH is 3. The molecule has 2 bridgehead atoms. The quantitative estimate of drug-likeness (QED) is 0.280. The molecule has 1 spiro atoms. The third kappa shape index (κ3) is 3.25. The molecule has 18 heteroatoms. The lowest BCUT2D eigenvalue weighted by Crippen LogP contribution is -2.76. The van der Waals surface area contributed by atoms with Crippen molar-refractivity contribution in [2.45, 2.75) is 70.7 Å². The Morgan fingerprint density at radius 3 is 1.92 bits per heavy atom. The monoisotopic (exact) mass is 772 g/mol. The van der Waals surface area contributed by atoms with Gasteiger partial charge < -0.3 is 40.5 Å². The summed E-state index contributed by atoms with van der Waals surface area (Å²) in [6, 6.07) is 13.0. The van der Waals surface area contributed by atoms with Crippen LogP contribution >= 0.6 is 41.2 Å². The van der Waals surface area contributed by atoms with Crippen LogP contribution in [0, 0.1) is 5.92 Å². The summed E-state index contributed by atoms with van der Waals surface area (Å²) in [6.45, 7) is 3.08. The van der Waals surface area contributed by atoms with Crippen molar-refractivity contribution in [2.75, 3.05) is 38.4 Å². The summed E-state index contributed by atoms with van der Waals surface area (Å²) < 4.78 is 6.06. The first kappa shape index (κ1) is 34.0. The first-order chi connectivity index (χ1) is 24.3. The summed E-state index contributed by atoms with van der Waals surface area (Å²) in [7, 11) is 9.25. The maximum absolute atomic E-state index is 15.4. The number of amides is 4. The van der Waals surface area contributed by atoms with E-state index >= 15 is 9.59 Å². The fourth-order valence-electron chi connectivity index (χ4n) is 10.5. The van der Waals surface area contributed by atoms with Gasteiger partial charge in [0.15, 0.2) is 4.87 Å². The van der Waals surface area contributed by atoms with E-state index in [1.54, 1.807) is 43.4 Å². The van der Waals surface area contributed by atoms with Crippen molar-refractivity contribution in [1.29, 1.82) is 0 Å². The second-order valence-corrected chi connectivity index (χ2v) is 20.5. The topological polar surface area (TPSA) is 175 Å². The van der Waals surface area contributed by atoms with Crippen molar-refractivity contribution in [3.63, 3.8) is 0 Å². The summed E-state index contributed by atoms with van der Waals surface area (Å²) in [5, 5.41) is 44.3. The van der Waals surface area contributed by atoms with Crippen LogP contribution in [-0.4, -0.2) is 132 Å². The number of rotatable bonds is 4. The Bertz CT molecular complexity index is 1940. The smallest absolute Gasteiger partial charge is 0.279 e. The summed E-state index contributed by atoms with van der Waals surface area (Å²) >= 11 is 0. The number of methoxy groups -OCH3 is 1. The number of para-hydroxylation sites is 2. The first-order valence-electron chi connectivity index (χ1n) is 16.5. The first-order valence-corrected chi connectivity index (χ1v) is 21.3. The normalized spacial score (nSPS) is 41.9. The van der Waals surface area contributed by atoms with Crippen molar-refractivity contribution in [3.8, 4) is 0 Å². The number of hydrogen-bond acceptors (Lipinski definition) is 14. The standard InChI is InChI=1S/C33H36N6O8S4/c1-15(2)32-28(46)39-25-30(17-11-7-9-13-19(17)35-25,23(43)33(39,27(45)37(32)4)49-51-50-48-32)29-16-10-6-8-12-18(16)34-24(29)38-21(41)20(14-40)36(3)26(44)31(38,47-5)22(29)42/h6-13,15,20,22-25,34-35,40,42-43H,14H2,1-5H3/t20-,22-,23-,24-,25+,29-,30+,31-,32-,33-/m0/s1. The molecule has 0 radical (unpaired) electrons. The van der Waals surface area contributed by atoms with Gasteiger partial charge in [-0.3, -0.25) is 29.0 Å². The zero-order valence-corrected chi connectivity index (χ0v) is 31.4. The maximum atomic E-state index is 15.4. The number of aliphatic hydroxyl groups is 3. The van der Waals surface area contributed by atoms with Gasteiger partial charge in [0.05, 0.1) is 17.4 Å². The molecule has 0 saturated carbocycles. The van der Waals surface area contributed by atoms with Crippen LogP contribution in [0.4, 0.5) is 11.4 Å². The van der Waals surface area contributed by atoms with Crippen molar-refractivity contribution >= 4 is 76.2 Å². The summed E-state index contributed by atoms with van der Waals surface area (Å²) in [4.78, 5) is 61.8. The molecule has 14 nitrogen and oxygen atoms in total. The van der Waals surface area contributed by atoms with Crippen LogP contribution in [0.3, 0.4) is 0 Å². The Morgan fingerprint density at radius 2 is 1.35 bits per heavy atom. The maximum Gasteiger partial charge on any atom is 0.279 e. The molecule has 6 fully saturated rings. The van der Waals surface area contributed by atoms with Gasteiger partial charge in [-0.2, -0.15) is 0 Å². The molecule has 10 atom stereocenters. The number of benzene rings is 2. The summed E-state index contributed by atoms with van der Waals surface area (Å²) in [5.41, 5.74) is -3.94. The van der Waals surface area contributed by atoms with Gasteiger partial charge in [-0.1, -0.05) is 50.2 Å². The second-order valence-electron chi connectivity index (χ2n) is 14.3. The van der Waals surface area contributed by atoms with Gasteiger partial charge in [-0.15, -0.1) is 0 Å². The van der Waals surface area contributed by atoms with Crippen LogP contribution in [-0.2, 0) is 34.7 Å². The van der Waals surface area contributed by atoms with Gasteiger partial charge >= 0.3 is 0 Å². The largest absolute Gasteiger partial charge is 0.394 e. The second kappa shape index (κ2) is 10.6. The van der Waals surface area contributed by atoms with Crippen molar-refractivity contribution in [2.24, 2.45) is 5.92 Å². The minimum atomic E-state index is -2.33. The zero-order valence-electron chi connectivity index (χ0n) is 28.1. The number of nitrogens with zero attached hydrogens (tertiary/aromatic N) is 4. The molecule has 270 valence electrons. The van der Waals surface area contributed by atoms with Crippen LogP contribution in [0.5, 0.6) is 0 Å². The van der Waals surface area contributed by atoms with E-state index < -0.39 is 81.2 Å². The van der Waals surface area contributed by atoms with Gasteiger partial charge in [-0.05, 0) is 70.4 Å². The molecule has 2 aromatic rings. The molecular weight excluding hydrogens is 737 g/mol. The van der Waals surface area contributed by atoms with Gasteiger partial charge in [0.2, 0.25) is 4.87 Å². The molecule has 0 aliphatic carbocycles. The van der Waals surface area contributed by atoms with E-state index in [-0.39, 0.29) is 11.8 Å². The molecule has 8 aliphatic heterocycles. The van der Waals surface area contributed by atoms with E-state index in [1.165, 1.54) is 59.3 Å². The number of ether oxygens (including phenoxy) is 1. The lowest BCUT2D eigenvalue weighted by Gasteiger charge is -2.56. The molecule has 2 aromatic carbocycles. The summed E-state index contributed by atoms with van der Waals surface area (Å²) in [5.74, 6) is -2.66. The van der Waals surface area contributed by atoms with Crippen molar-refractivity contribution in [1.82, 2.24) is 19.6 Å². The number of anilines is 2. The Hall–Kier alpha value is -2.84. The molecular formula is C33H36N6O8S4. The molecule has 4 amide bonds. The highest BCUT2D eigenvalue weighted by molar-refractivity contribution is 9.26. The van der Waals surface area contributed by atoms with E-state index in [9.17, 15) is 24.9 Å². The fraction of sp³-hybridized carbons (Fsp3) is 0.515. The van der Waals surface area contributed by atoms with Crippen LogP contribution in [0.1, 0.15) is 25.0 Å². The lowest BCUT2D eigenvalue weighted by atomic mass is 9.51. The van der Waals surface area contributed by atoms with Crippen LogP contribution in [0.25, 0.3) is 0 Å². The van der Waals surface area contributed by atoms with Gasteiger partial charge in [0.1, 0.15) is 30.6 Å². The highest BCUT2D eigenvalue weighted by Gasteiger charge is 2.91. The van der Waals surface area contributed by atoms with Gasteiger partial charge in [0.25, 0.3) is 29.4 Å². The summed E-state index contributed by atoms with van der Waals surface area (Å²) in [6.07, 6.45) is -6.05. The molecule has 51 heavy (non-hydrogen) atoms. The average molecular weight is 773 g/mol. The number of fused-ring (bicyclic) bond motifs is 13. The minimum absolute atomic E-state index is 0.349. The van der Waals surface area contributed by atoms with Crippen molar-refractivity contribution < 1.29 is 39.2 Å². The number of likely N-dealkylation sites (N-methyl/N-ethyl adjacent to an activating group) is 2. The van der Waals surface area contributed by atoms with Crippen LogP contribution < -0.4 is 10.6 Å². The SMILES string of the molecule is CO[C@@]12C(=O)N(C)[C@@H](CO)C(=O)N1[C@@H]1Nc3ccccc3[C@]1([C@@]13c4ccccc4N[C@@H]1N1C(=O)[C@]4(C(C)C)SSSS[C@]1(C(=O)N4C)[C@H]3O)[C@@H]2O.